The smallest absolute Gasteiger partial charge is 0.0740 e. The van der Waals surface area contributed by atoms with Crippen molar-refractivity contribution in [2.75, 3.05) is 13.1 Å². The van der Waals surface area contributed by atoms with Crippen LogP contribution in [0.3, 0.4) is 0 Å². The molecule has 0 amide bonds. The van der Waals surface area contributed by atoms with Gasteiger partial charge in [-0.25, -0.2) is 0 Å². The largest absolute Gasteiger partial charge is 0.389 e. The third kappa shape index (κ3) is 8.26. The van der Waals surface area contributed by atoms with Gasteiger partial charge in [0.25, 0.3) is 0 Å². The molecule has 0 aliphatic heterocycles. The number of hydrogen-bond acceptors (Lipinski definition) is 2. The van der Waals surface area contributed by atoms with Crippen molar-refractivity contribution in [3.8, 4) is 0 Å². The van der Waals surface area contributed by atoms with Crippen LogP contribution in [-0.4, -0.2) is 23.8 Å². The molecule has 0 radical (unpaired) electrons. The van der Waals surface area contributed by atoms with E-state index in [2.05, 4.69) is 12.2 Å². The molecule has 13 heavy (non-hydrogen) atoms. The van der Waals surface area contributed by atoms with E-state index < -0.39 is 5.60 Å². The summed E-state index contributed by atoms with van der Waals surface area (Å²) in [6.45, 7) is 7.87. The van der Waals surface area contributed by atoms with Gasteiger partial charge in [0.05, 0.1) is 5.60 Å². The Morgan fingerprint density at radius 2 is 1.85 bits per heavy atom. The molecule has 1 unspecified atom stereocenters. The molecule has 0 bridgehead atoms. The fourth-order valence-corrected chi connectivity index (χ4v) is 1.16. The van der Waals surface area contributed by atoms with Crippen molar-refractivity contribution < 1.29 is 5.11 Å². The summed E-state index contributed by atoms with van der Waals surface area (Å²) in [5.41, 5.74) is -0.523. The molecular weight excluding hydrogens is 162 g/mol. The van der Waals surface area contributed by atoms with E-state index in [1.165, 1.54) is 25.7 Å². The SMILES string of the molecule is CCCCCCNCC(C)(O)CC. The van der Waals surface area contributed by atoms with Crippen molar-refractivity contribution in [2.45, 2.75) is 58.5 Å². The zero-order chi connectivity index (χ0) is 10.2. The van der Waals surface area contributed by atoms with Gasteiger partial charge in [-0.1, -0.05) is 33.1 Å². The molecule has 0 rings (SSSR count). The van der Waals surface area contributed by atoms with E-state index in [9.17, 15) is 5.11 Å². The molecule has 2 nitrogen and oxygen atoms in total. The van der Waals surface area contributed by atoms with Crippen LogP contribution in [0.5, 0.6) is 0 Å². The predicted octanol–water partition coefficient (Wildman–Crippen LogP) is 2.32. The zero-order valence-corrected chi connectivity index (χ0v) is 9.40. The molecule has 0 saturated carbocycles. The minimum Gasteiger partial charge on any atom is -0.389 e. The number of hydrogen-bond donors (Lipinski definition) is 2. The van der Waals surface area contributed by atoms with Crippen molar-refractivity contribution in [3.05, 3.63) is 0 Å². The molecule has 0 aromatic heterocycles. The minimum atomic E-state index is -0.523. The van der Waals surface area contributed by atoms with Gasteiger partial charge in [-0.15, -0.1) is 0 Å². The first kappa shape index (κ1) is 12.9. The highest BCUT2D eigenvalue weighted by Gasteiger charge is 2.15. The number of nitrogens with one attached hydrogen (secondary N) is 1. The third-order valence-corrected chi connectivity index (χ3v) is 2.47. The molecule has 80 valence electrons. The Morgan fingerprint density at radius 1 is 1.15 bits per heavy atom. The van der Waals surface area contributed by atoms with Crippen molar-refractivity contribution in [3.63, 3.8) is 0 Å². The van der Waals surface area contributed by atoms with Crippen molar-refractivity contribution >= 4 is 0 Å². The molecule has 0 aliphatic carbocycles. The van der Waals surface area contributed by atoms with Crippen LogP contribution in [-0.2, 0) is 0 Å². The number of rotatable bonds is 8. The molecule has 1 atom stereocenters. The van der Waals surface area contributed by atoms with Crippen LogP contribution in [0.2, 0.25) is 0 Å². The topological polar surface area (TPSA) is 32.3 Å². The van der Waals surface area contributed by atoms with Crippen LogP contribution in [0.15, 0.2) is 0 Å². The molecule has 0 saturated heterocycles. The highest BCUT2D eigenvalue weighted by molar-refractivity contribution is 4.72. The number of unbranched alkanes of at least 4 members (excludes halogenated alkanes) is 3. The summed E-state index contributed by atoms with van der Waals surface area (Å²) in [6.07, 6.45) is 5.96. The highest BCUT2D eigenvalue weighted by Crippen LogP contribution is 2.06. The fraction of sp³-hybridized carbons (Fsp3) is 1.00. The second-order valence-corrected chi connectivity index (χ2v) is 4.09. The fourth-order valence-electron chi connectivity index (χ4n) is 1.16. The molecule has 0 fully saturated rings. The Balaban J connectivity index is 3.16. The monoisotopic (exact) mass is 187 g/mol. The van der Waals surface area contributed by atoms with Gasteiger partial charge < -0.3 is 10.4 Å². The minimum absolute atomic E-state index is 0.523. The lowest BCUT2D eigenvalue weighted by Crippen LogP contribution is -2.37. The lowest BCUT2D eigenvalue weighted by Gasteiger charge is -2.21. The maximum absolute atomic E-state index is 9.66. The van der Waals surface area contributed by atoms with Gasteiger partial charge in [0, 0.05) is 6.54 Å². The van der Waals surface area contributed by atoms with Crippen LogP contribution >= 0.6 is 0 Å². The quantitative estimate of drug-likeness (QED) is 0.572. The molecule has 0 aliphatic rings. The molecule has 2 heteroatoms. The van der Waals surface area contributed by atoms with Gasteiger partial charge in [0.2, 0.25) is 0 Å². The highest BCUT2D eigenvalue weighted by atomic mass is 16.3. The van der Waals surface area contributed by atoms with Crippen LogP contribution in [0.1, 0.15) is 52.9 Å². The third-order valence-electron chi connectivity index (χ3n) is 2.47. The van der Waals surface area contributed by atoms with E-state index in [1.54, 1.807) is 0 Å². The number of aliphatic hydroxyl groups is 1. The summed E-state index contributed by atoms with van der Waals surface area (Å²) in [7, 11) is 0. The zero-order valence-electron chi connectivity index (χ0n) is 9.40. The van der Waals surface area contributed by atoms with E-state index in [1.807, 2.05) is 13.8 Å². The van der Waals surface area contributed by atoms with Crippen LogP contribution in [0.4, 0.5) is 0 Å². The predicted molar refractivity (Wildman–Crippen MR) is 57.9 cm³/mol. The Morgan fingerprint density at radius 3 is 2.38 bits per heavy atom. The first-order valence-electron chi connectivity index (χ1n) is 5.55. The van der Waals surface area contributed by atoms with Crippen molar-refractivity contribution in [2.24, 2.45) is 0 Å². The lowest BCUT2D eigenvalue weighted by atomic mass is 10.0. The van der Waals surface area contributed by atoms with Gasteiger partial charge in [0.1, 0.15) is 0 Å². The molecule has 0 spiro atoms. The molecule has 0 aromatic rings. The standard InChI is InChI=1S/C11H25NO/c1-4-6-7-8-9-12-10-11(3,13)5-2/h12-13H,4-10H2,1-3H3. The summed E-state index contributed by atoms with van der Waals surface area (Å²) in [5.74, 6) is 0. The van der Waals surface area contributed by atoms with E-state index >= 15 is 0 Å². The molecule has 2 N–H and O–H groups in total. The normalized spacial score (nSPS) is 15.7. The van der Waals surface area contributed by atoms with Crippen molar-refractivity contribution in [1.82, 2.24) is 5.32 Å². The summed E-state index contributed by atoms with van der Waals surface area (Å²) in [4.78, 5) is 0. The van der Waals surface area contributed by atoms with Gasteiger partial charge >= 0.3 is 0 Å². The molecule has 0 heterocycles. The Kier molecular flexibility index (Phi) is 7.29. The van der Waals surface area contributed by atoms with Gasteiger partial charge in [-0.3, -0.25) is 0 Å². The second kappa shape index (κ2) is 7.34. The first-order chi connectivity index (χ1) is 6.12. The van der Waals surface area contributed by atoms with Gasteiger partial charge in [0.15, 0.2) is 0 Å². The summed E-state index contributed by atoms with van der Waals surface area (Å²) < 4.78 is 0. The Labute approximate surface area is 82.7 Å². The maximum atomic E-state index is 9.66. The summed E-state index contributed by atoms with van der Waals surface area (Å²) >= 11 is 0. The summed E-state index contributed by atoms with van der Waals surface area (Å²) in [5, 5.41) is 12.9. The van der Waals surface area contributed by atoms with E-state index in [0.29, 0.717) is 0 Å². The van der Waals surface area contributed by atoms with Crippen LogP contribution in [0.25, 0.3) is 0 Å². The lowest BCUT2D eigenvalue weighted by molar-refractivity contribution is 0.0559. The van der Waals surface area contributed by atoms with Gasteiger partial charge in [-0.05, 0) is 26.3 Å². The molecular formula is C11H25NO. The Hall–Kier alpha value is -0.0800. The maximum Gasteiger partial charge on any atom is 0.0740 e. The van der Waals surface area contributed by atoms with Gasteiger partial charge in [-0.2, -0.15) is 0 Å². The Bertz CT molecular complexity index is 113. The van der Waals surface area contributed by atoms with E-state index in [0.717, 1.165) is 19.5 Å². The van der Waals surface area contributed by atoms with E-state index in [-0.39, 0.29) is 0 Å². The molecule has 0 aromatic carbocycles. The average molecular weight is 187 g/mol. The first-order valence-corrected chi connectivity index (χ1v) is 5.55. The summed E-state index contributed by atoms with van der Waals surface area (Å²) in [6, 6.07) is 0. The second-order valence-electron chi connectivity index (χ2n) is 4.09. The van der Waals surface area contributed by atoms with Crippen LogP contribution in [0, 0.1) is 0 Å². The van der Waals surface area contributed by atoms with Crippen LogP contribution < -0.4 is 5.32 Å². The van der Waals surface area contributed by atoms with E-state index in [4.69, 9.17) is 0 Å². The average Bonchev–Trinajstić information content (AvgIpc) is 2.11. The van der Waals surface area contributed by atoms with Crippen molar-refractivity contribution in [1.29, 1.82) is 0 Å².